The summed E-state index contributed by atoms with van der Waals surface area (Å²) in [5.74, 6) is 0.0288. The maximum atomic E-state index is 10.6. The predicted octanol–water partition coefficient (Wildman–Crippen LogP) is 5.03. The summed E-state index contributed by atoms with van der Waals surface area (Å²) in [5, 5.41) is 29.4. The van der Waals surface area contributed by atoms with Gasteiger partial charge in [0.05, 0.1) is 10.5 Å². The lowest BCUT2D eigenvalue weighted by Gasteiger charge is -2.05. The Labute approximate surface area is 170 Å². The highest BCUT2D eigenvalue weighted by Crippen LogP contribution is 2.32. The molecule has 0 saturated heterocycles. The van der Waals surface area contributed by atoms with Gasteiger partial charge in [-0.05, 0) is 48.5 Å². The number of pyridine rings is 1. The molecule has 0 bridgehead atoms. The zero-order valence-electron chi connectivity index (χ0n) is 15.5. The first-order valence-electron chi connectivity index (χ1n) is 8.73. The number of hydrogen-bond acceptors (Lipinski definition) is 6. The summed E-state index contributed by atoms with van der Waals surface area (Å²) in [7, 11) is 0. The third-order valence-corrected chi connectivity index (χ3v) is 4.00. The van der Waals surface area contributed by atoms with E-state index in [0.717, 1.165) is 5.75 Å². The van der Waals surface area contributed by atoms with Crippen LogP contribution < -0.4 is 4.74 Å². The highest BCUT2D eigenvalue weighted by molar-refractivity contribution is 5.88. The topological polar surface area (TPSA) is 123 Å². The number of aromatic hydroxyl groups is 1. The molecule has 0 aliphatic heterocycles. The maximum absolute atomic E-state index is 10.6. The second-order valence-corrected chi connectivity index (χ2v) is 6.01. The van der Waals surface area contributed by atoms with Crippen LogP contribution in [0.2, 0.25) is 0 Å². The largest absolute Gasteiger partial charge is 0.501 e. The number of aromatic carboxylic acids is 1. The molecule has 0 aliphatic rings. The monoisotopic (exact) mass is 404 g/mol. The quantitative estimate of drug-likeness (QED) is 0.361. The molecule has 0 spiro atoms. The maximum Gasteiger partial charge on any atom is 0.335 e. The molecule has 1 heterocycles. The van der Waals surface area contributed by atoms with Gasteiger partial charge in [0.25, 0.3) is 0 Å². The molecule has 0 unspecified atom stereocenters. The Hall–Kier alpha value is -4.46. The summed E-state index contributed by atoms with van der Waals surface area (Å²) in [6.07, 6.45) is 1.48. The average molecular weight is 404 g/mol. The molecule has 30 heavy (non-hydrogen) atoms. The van der Waals surface area contributed by atoms with Gasteiger partial charge in [0, 0.05) is 17.6 Å². The number of carboxylic acids is 1. The van der Waals surface area contributed by atoms with Crippen molar-refractivity contribution in [3.63, 3.8) is 0 Å². The van der Waals surface area contributed by atoms with E-state index in [1.165, 1.54) is 24.4 Å². The Kier molecular flexibility index (Phi) is 6.19. The number of phenols is 1. The van der Waals surface area contributed by atoms with Crippen LogP contribution in [-0.2, 0) is 0 Å². The average Bonchev–Trinajstić information content (AvgIpc) is 2.75. The van der Waals surface area contributed by atoms with Gasteiger partial charge in [-0.2, -0.15) is 0 Å². The summed E-state index contributed by atoms with van der Waals surface area (Å²) in [6, 6.07) is 21.9. The summed E-state index contributed by atoms with van der Waals surface area (Å²) >= 11 is 0. The number of rotatable bonds is 4. The molecule has 0 aliphatic carbocycles. The Bertz CT molecular complexity index is 1180. The van der Waals surface area contributed by atoms with Crippen molar-refractivity contribution in [3.8, 4) is 17.2 Å². The highest BCUT2D eigenvalue weighted by Gasteiger charge is 2.16. The standard InChI is InChI=1S/C13H10O3.C9H6N2O3/c14-13(15)10-6-8-12(9-7-10)16-11-4-2-1-3-5-11;12-9-7(11(13)14)4-3-6-2-1-5-10-8(6)9/h1-9H,(H,14,15);1-5,12H. The lowest BCUT2D eigenvalue weighted by atomic mass is 10.2. The normalized spacial score (nSPS) is 10.0. The number of ether oxygens (including phenoxy) is 1. The zero-order chi connectivity index (χ0) is 21.5. The molecule has 0 saturated carbocycles. The molecule has 4 rings (SSSR count). The van der Waals surface area contributed by atoms with Gasteiger partial charge >= 0.3 is 11.7 Å². The molecule has 8 nitrogen and oxygen atoms in total. The number of fused-ring (bicyclic) bond motifs is 1. The Balaban J connectivity index is 0.000000172. The summed E-state index contributed by atoms with van der Waals surface area (Å²) in [4.78, 5) is 24.3. The van der Waals surface area contributed by atoms with E-state index in [1.54, 1.807) is 30.3 Å². The van der Waals surface area contributed by atoms with E-state index in [1.807, 2.05) is 30.3 Å². The van der Waals surface area contributed by atoms with Gasteiger partial charge in [-0.15, -0.1) is 0 Å². The van der Waals surface area contributed by atoms with E-state index < -0.39 is 10.9 Å². The lowest BCUT2D eigenvalue weighted by molar-refractivity contribution is -0.385. The van der Waals surface area contributed by atoms with Crippen LogP contribution in [0.25, 0.3) is 10.9 Å². The van der Waals surface area contributed by atoms with Crippen LogP contribution in [-0.4, -0.2) is 26.1 Å². The van der Waals surface area contributed by atoms with Gasteiger partial charge in [0.2, 0.25) is 5.75 Å². The number of nitro groups is 1. The molecular weight excluding hydrogens is 388 g/mol. The minimum Gasteiger partial charge on any atom is -0.501 e. The van der Waals surface area contributed by atoms with E-state index >= 15 is 0 Å². The minimum atomic E-state index is -0.939. The molecule has 0 fully saturated rings. The van der Waals surface area contributed by atoms with Crippen molar-refractivity contribution >= 4 is 22.6 Å². The van der Waals surface area contributed by atoms with Gasteiger partial charge in [-0.3, -0.25) is 15.1 Å². The fourth-order valence-corrected chi connectivity index (χ4v) is 2.56. The van der Waals surface area contributed by atoms with Crippen molar-refractivity contribution in [1.82, 2.24) is 4.98 Å². The van der Waals surface area contributed by atoms with Gasteiger partial charge in [0.1, 0.15) is 17.0 Å². The summed E-state index contributed by atoms with van der Waals surface area (Å²) in [6.45, 7) is 0. The van der Waals surface area contributed by atoms with Crippen LogP contribution in [0.4, 0.5) is 5.69 Å². The van der Waals surface area contributed by atoms with E-state index in [0.29, 0.717) is 11.1 Å². The second kappa shape index (κ2) is 9.16. The fourth-order valence-electron chi connectivity index (χ4n) is 2.56. The van der Waals surface area contributed by atoms with Crippen LogP contribution in [0.15, 0.2) is 85.1 Å². The van der Waals surface area contributed by atoms with E-state index in [9.17, 15) is 20.0 Å². The SMILES string of the molecule is O=C(O)c1ccc(Oc2ccccc2)cc1.O=[N+]([O-])c1ccc2cccnc2c1O. The number of aromatic nitrogens is 1. The second-order valence-electron chi connectivity index (χ2n) is 6.01. The number of nitrogens with zero attached hydrogens (tertiary/aromatic N) is 2. The van der Waals surface area contributed by atoms with Gasteiger partial charge < -0.3 is 14.9 Å². The fraction of sp³-hybridized carbons (Fsp3) is 0. The highest BCUT2D eigenvalue weighted by atomic mass is 16.6. The zero-order valence-corrected chi connectivity index (χ0v) is 15.5. The summed E-state index contributed by atoms with van der Waals surface area (Å²) in [5.41, 5.74) is 0.179. The van der Waals surface area contributed by atoms with Crippen LogP contribution in [0, 0.1) is 10.1 Å². The predicted molar refractivity (Wildman–Crippen MR) is 110 cm³/mol. The molecular formula is C22H16N2O6. The number of carbonyl (C=O) groups is 1. The number of carboxylic acid groups (broad SMARTS) is 1. The Morgan fingerprint density at radius 1 is 0.900 bits per heavy atom. The smallest absolute Gasteiger partial charge is 0.335 e. The number of phenolic OH excluding ortho intramolecular Hbond substituents is 1. The molecule has 150 valence electrons. The molecule has 1 aromatic heterocycles. The van der Waals surface area contributed by atoms with E-state index in [-0.39, 0.29) is 22.5 Å². The van der Waals surface area contributed by atoms with Crippen molar-refractivity contribution < 1.29 is 24.7 Å². The van der Waals surface area contributed by atoms with Crippen molar-refractivity contribution in [3.05, 3.63) is 101 Å². The Morgan fingerprint density at radius 2 is 1.57 bits per heavy atom. The molecule has 4 aromatic rings. The van der Waals surface area contributed by atoms with Crippen LogP contribution >= 0.6 is 0 Å². The molecule has 3 aromatic carbocycles. The molecule has 2 N–H and O–H groups in total. The lowest BCUT2D eigenvalue weighted by Crippen LogP contribution is -1.95. The van der Waals surface area contributed by atoms with Gasteiger partial charge in [0.15, 0.2) is 0 Å². The number of benzene rings is 3. The molecule has 0 radical (unpaired) electrons. The van der Waals surface area contributed by atoms with Crippen LogP contribution in [0.5, 0.6) is 17.2 Å². The van der Waals surface area contributed by atoms with Gasteiger partial charge in [-0.1, -0.05) is 24.3 Å². The number of nitro benzene ring substituents is 1. The van der Waals surface area contributed by atoms with Crippen molar-refractivity contribution in [1.29, 1.82) is 0 Å². The van der Waals surface area contributed by atoms with Crippen molar-refractivity contribution in [2.45, 2.75) is 0 Å². The van der Waals surface area contributed by atoms with E-state index in [2.05, 4.69) is 4.98 Å². The first-order chi connectivity index (χ1) is 14.5. The minimum absolute atomic E-state index is 0.250. The molecule has 0 amide bonds. The first kappa shape index (κ1) is 20.3. The third kappa shape index (κ3) is 4.87. The first-order valence-corrected chi connectivity index (χ1v) is 8.73. The summed E-state index contributed by atoms with van der Waals surface area (Å²) < 4.78 is 5.52. The Morgan fingerprint density at radius 3 is 2.20 bits per heavy atom. The third-order valence-electron chi connectivity index (χ3n) is 4.00. The van der Waals surface area contributed by atoms with Crippen molar-refractivity contribution in [2.24, 2.45) is 0 Å². The number of hydrogen-bond donors (Lipinski definition) is 2. The van der Waals surface area contributed by atoms with Crippen LogP contribution in [0.1, 0.15) is 10.4 Å². The van der Waals surface area contributed by atoms with Crippen LogP contribution in [0.3, 0.4) is 0 Å². The van der Waals surface area contributed by atoms with E-state index in [4.69, 9.17) is 9.84 Å². The molecule has 8 heteroatoms. The van der Waals surface area contributed by atoms with Crippen molar-refractivity contribution in [2.75, 3.05) is 0 Å². The molecule has 0 atom stereocenters. The van der Waals surface area contributed by atoms with Gasteiger partial charge in [-0.25, -0.2) is 4.79 Å². The number of para-hydroxylation sites is 1.